The third kappa shape index (κ3) is 4.88. The summed E-state index contributed by atoms with van der Waals surface area (Å²) < 4.78 is 11.5. The molecule has 5 rings (SSSR count). The SMILES string of the molecule is O=C(CN1CC=C(c2ccccc2)CC1)N1CCN(C(=O)[C@H]2COc3ccccc3O2)CC1. The van der Waals surface area contributed by atoms with Gasteiger partial charge >= 0.3 is 0 Å². The van der Waals surface area contributed by atoms with Crippen molar-refractivity contribution in [2.45, 2.75) is 12.5 Å². The van der Waals surface area contributed by atoms with E-state index in [1.807, 2.05) is 35.2 Å². The van der Waals surface area contributed by atoms with Gasteiger partial charge in [-0.2, -0.15) is 0 Å². The molecular formula is C26H29N3O4. The maximum absolute atomic E-state index is 12.9. The predicted octanol–water partition coefficient (Wildman–Crippen LogP) is 2.29. The summed E-state index contributed by atoms with van der Waals surface area (Å²) in [6.07, 6.45) is 2.54. The molecule has 3 heterocycles. The molecule has 3 aliphatic rings. The summed E-state index contributed by atoms with van der Waals surface area (Å²) in [5.74, 6) is 1.32. The summed E-state index contributed by atoms with van der Waals surface area (Å²) in [4.78, 5) is 31.6. The number of nitrogens with zero attached hydrogens (tertiary/aromatic N) is 3. The predicted molar refractivity (Wildman–Crippen MR) is 125 cm³/mol. The van der Waals surface area contributed by atoms with Crippen molar-refractivity contribution in [3.05, 3.63) is 66.2 Å². The zero-order valence-corrected chi connectivity index (χ0v) is 18.7. The van der Waals surface area contributed by atoms with Crippen LogP contribution in [0.3, 0.4) is 0 Å². The molecule has 2 aromatic rings. The molecule has 7 heteroatoms. The van der Waals surface area contributed by atoms with E-state index in [9.17, 15) is 9.59 Å². The number of ether oxygens (including phenoxy) is 2. The van der Waals surface area contributed by atoms with Gasteiger partial charge in [-0.05, 0) is 29.7 Å². The van der Waals surface area contributed by atoms with Crippen LogP contribution in [0, 0.1) is 0 Å². The van der Waals surface area contributed by atoms with Crippen LogP contribution < -0.4 is 9.47 Å². The van der Waals surface area contributed by atoms with Gasteiger partial charge < -0.3 is 19.3 Å². The van der Waals surface area contributed by atoms with Crippen molar-refractivity contribution < 1.29 is 19.1 Å². The van der Waals surface area contributed by atoms with E-state index in [-0.39, 0.29) is 18.4 Å². The van der Waals surface area contributed by atoms with E-state index in [4.69, 9.17) is 9.47 Å². The zero-order chi connectivity index (χ0) is 22.6. The number of fused-ring (bicyclic) bond motifs is 1. The van der Waals surface area contributed by atoms with E-state index in [0.717, 1.165) is 19.5 Å². The Labute approximate surface area is 194 Å². The Morgan fingerprint density at radius 2 is 1.55 bits per heavy atom. The molecule has 0 bridgehead atoms. The summed E-state index contributed by atoms with van der Waals surface area (Å²) in [5.41, 5.74) is 2.61. The van der Waals surface area contributed by atoms with Gasteiger partial charge in [-0.1, -0.05) is 48.5 Å². The lowest BCUT2D eigenvalue weighted by atomic mass is 9.99. The van der Waals surface area contributed by atoms with Gasteiger partial charge in [-0.15, -0.1) is 0 Å². The summed E-state index contributed by atoms with van der Waals surface area (Å²) in [5, 5.41) is 0. The van der Waals surface area contributed by atoms with E-state index < -0.39 is 6.10 Å². The largest absolute Gasteiger partial charge is 0.485 e. The van der Waals surface area contributed by atoms with Crippen molar-refractivity contribution >= 4 is 17.4 Å². The summed E-state index contributed by atoms with van der Waals surface area (Å²) >= 11 is 0. The third-order valence-corrected chi connectivity index (χ3v) is 6.52. The average molecular weight is 448 g/mol. The van der Waals surface area contributed by atoms with Crippen LogP contribution >= 0.6 is 0 Å². The van der Waals surface area contributed by atoms with Crippen LogP contribution in [0.1, 0.15) is 12.0 Å². The average Bonchev–Trinajstić information content (AvgIpc) is 2.89. The van der Waals surface area contributed by atoms with Gasteiger partial charge in [0.1, 0.15) is 6.61 Å². The fourth-order valence-electron chi connectivity index (χ4n) is 4.58. The molecule has 0 radical (unpaired) electrons. The molecule has 33 heavy (non-hydrogen) atoms. The molecule has 0 spiro atoms. The number of hydrogen-bond donors (Lipinski definition) is 0. The minimum absolute atomic E-state index is 0.0776. The maximum Gasteiger partial charge on any atom is 0.267 e. The van der Waals surface area contributed by atoms with E-state index >= 15 is 0 Å². The van der Waals surface area contributed by atoms with Crippen molar-refractivity contribution in [1.82, 2.24) is 14.7 Å². The van der Waals surface area contributed by atoms with Gasteiger partial charge in [-0.25, -0.2) is 0 Å². The highest BCUT2D eigenvalue weighted by molar-refractivity contribution is 5.83. The highest BCUT2D eigenvalue weighted by atomic mass is 16.6. The lowest BCUT2D eigenvalue weighted by Gasteiger charge is -2.38. The van der Waals surface area contributed by atoms with Gasteiger partial charge in [0, 0.05) is 39.3 Å². The number of benzene rings is 2. The topological polar surface area (TPSA) is 62.3 Å². The van der Waals surface area contributed by atoms with Gasteiger partial charge in [0.05, 0.1) is 6.54 Å². The van der Waals surface area contributed by atoms with Gasteiger partial charge in [0.25, 0.3) is 5.91 Å². The third-order valence-electron chi connectivity index (χ3n) is 6.52. The molecule has 0 N–H and O–H groups in total. The fraction of sp³-hybridized carbons (Fsp3) is 0.385. The number of carbonyl (C=O) groups excluding carboxylic acids is 2. The van der Waals surface area contributed by atoms with Crippen LogP contribution in [0.5, 0.6) is 11.5 Å². The quantitative estimate of drug-likeness (QED) is 0.720. The Hall–Kier alpha value is -3.32. The molecule has 0 aromatic heterocycles. The second-order valence-corrected chi connectivity index (χ2v) is 8.65. The van der Waals surface area contributed by atoms with E-state index in [1.54, 1.807) is 4.90 Å². The van der Waals surface area contributed by atoms with E-state index in [1.165, 1.54) is 11.1 Å². The summed E-state index contributed by atoms with van der Waals surface area (Å²) in [6.45, 7) is 4.43. The first-order chi connectivity index (χ1) is 16.2. The van der Waals surface area contributed by atoms with Crippen LogP contribution in [-0.4, -0.2) is 85.0 Å². The van der Waals surface area contributed by atoms with Crippen LogP contribution in [0.25, 0.3) is 5.57 Å². The Balaban J connectivity index is 1.09. The van der Waals surface area contributed by atoms with Crippen molar-refractivity contribution in [3.63, 3.8) is 0 Å². The Kier molecular flexibility index (Phi) is 6.30. The number of hydrogen-bond acceptors (Lipinski definition) is 5. The number of piperazine rings is 1. The molecule has 0 saturated carbocycles. The monoisotopic (exact) mass is 447 g/mol. The highest BCUT2D eigenvalue weighted by Gasteiger charge is 2.33. The lowest BCUT2D eigenvalue weighted by Crippen LogP contribution is -2.56. The van der Waals surface area contributed by atoms with Crippen molar-refractivity contribution in [2.75, 3.05) is 52.4 Å². The van der Waals surface area contributed by atoms with Gasteiger partial charge in [0.2, 0.25) is 12.0 Å². The van der Waals surface area contributed by atoms with Crippen LogP contribution in [0.4, 0.5) is 0 Å². The van der Waals surface area contributed by atoms with Crippen molar-refractivity contribution in [1.29, 1.82) is 0 Å². The van der Waals surface area contributed by atoms with E-state index in [0.29, 0.717) is 44.2 Å². The minimum atomic E-state index is -0.638. The first-order valence-corrected chi connectivity index (χ1v) is 11.6. The standard InChI is InChI=1S/C26H29N3O4/c30-25(18-27-12-10-21(11-13-27)20-6-2-1-3-7-20)28-14-16-29(17-15-28)26(31)24-19-32-22-8-4-5-9-23(22)33-24/h1-10,24H,11-19H2/t24-/m1/s1. The molecule has 0 aliphatic carbocycles. The molecule has 2 amide bonds. The number of carbonyl (C=O) groups is 2. The smallest absolute Gasteiger partial charge is 0.267 e. The van der Waals surface area contributed by atoms with E-state index in [2.05, 4.69) is 35.2 Å². The first-order valence-electron chi connectivity index (χ1n) is 11.6. The Morgan fingerprint density at radius 1 is 0.848 bits per heavy atom. The molecule has 2 aromatic carbocycles. The molecule has 172 valence electrons. The second-order valence-electron chi connectivity index (χ2n) is 8.65. The highest BCUT2D eigenvalue weighted by Crippen LogP contribution is 2.31. The Bertz CT molecular complexity index is 1030. The van der Waals surface area contributed by atoms with Crippen LogP contribution in [0.2, 0.25) is 0 Å². The number of para-hydroxylation sites is 2. The number of amides is 2. The normalized spacial score (nSPS) is 20.8. The molecular weight excluding hydrogens is 418 g/mol. The minimum Gasteiger partial charge on any atom is -0.485 e. The van der Waals surface area contributed by atoms with Crippen molar-refractivity contribution in [2.24, 2.45) is 0 Å². The fourth-order valence-corrected chi connectivity index (χ4v) is 4.58. The molecule has 7 nitrogen and oxygen atoms in total. The maximum atomic E-state index is 12.9. The van der Waals surface area contributed by atoms with Crippen molar-refractivity contribution in [3.8, 4) is 11.5 Å². The molecule has 1 saturated heterocycles. The molecule has 0 unspecified atom stereocenters. The van der Waals surface area contributed by atoms with Crippen LogP contribution in [-0.2, 0) is 9.59 Å². The van der Waals surface area contributed by atoms with Crippen LogP contribution in [0.15, 0.2) is 60.7 Å². The van der Waals surface area contributed by atoms with Gasteiger partial charge in [0.15, 0.2) is 11.5 Å². The molecule has 1 fully saturated rings. The first kappa shape index (κ1) is 21.5. The summed E-state index contributed by atoms with van der Waals surface area (Å²) in [6, 6.07) is 17.8. The lowest BCUT2D eigenvalue weighted by molar-refractivity contribution is -0.146. The van der Waals surface area contributed by atoms with Gasteiger partial charge in [-0.3, -0.25) is 14.5 Å². The second kappa shape index (κ2) is 9.67. The molecule has 1 atom stereocenters. The zero-order valence-electron chi connectivity index (χ0n) is 18.7. The number of rotatable bonds is 4. The Morgan fingerprint density at radius 3 is 2.27 bits per heavy atom. The molecule has 3 aliphatic heterocycles. The summed E-state index contributed by atoms with van der Waals surface area (Å²) in [7, 11) is 0.